The Morgan fingerprint density at radius 1 is 1.35 bits per heavy atom. The SMILES string of the molecule is CCC(CC)O[C@@H]1C=C(C(=O)O)C[C@H](N)[C@H]1N1C(=O)CCC1=O. The van der Waals surface area contributed by atoms with Crippen LogP contribution in [0.4, 0.5) is 0 Å². The fourth-order valence-corrected chi connectivity index (χ4v) is 3.23. The molecule has 0 spiro atoms. The largest absolute Gasteiger partial charge is 0.478 e. The van der Waals surface area contributed by atoms with Crippen LogP contribution in [0.15, 0.2) is 11.6 Å². The van der Waals surface area contributed by atoms with E-state index in [1.54, 1.807) is 0 Å². The summed E-state index contributed by atoms with van der Waals surface area (Å²) in [5, 5.41) is 9.25. The first-order valence-electron chi connectivity index (χ1n) is 8.08. The molecule has 0 unspecified atom stereocenters. The third-order valence-electron chi connectivity index (χ3n) is 4.52. The van der Waals surface area contributed by atoms with Gasteiger partial charge in [-0.2, -0.15) is 0 Å². The summed E-state index contributed by atoms with van der Waals surface area (Å²) >= 11 is 0. The summed E-state index contributed by atoms with van der Waals surface area (Å²) < 4.78 is 6.00. The Hall–Kier alpha value is -1.73. The number of nitrogens with zero attached hydrogens (tertiary/aromatic N) is 1. The maximum absolute atomic E-state index is 12.1. The Morgan fingerprint density at radius 2 is 1.91 bits per heavy atom. The molecule has 1 aliphatic carbocycles. The maximum Gasteiger partial charge on any atom is 0.331 e. The van der Waals surface area contributed by atoms with Crippen LogP contribution in [-0.2, 0) is 19.1 Å². The van der Waals surface area contributed by atoms with E-state index in [2.05, 4.69) is 0 Å². The van der Waals surface area contributed by atoms with Crippen molar-refractivity contribution in [3.63, 3.8) is 0 Å². The van der Waals surface area contributed by atoms with Crippen molar-refractivity contribution in [3.8, 4) is 0 Å². The smallest absolute Gasteiger partial charge is 0.331 e. The molecule has 0 aromatic carbocycles. The summed E-state index contributed by atoms with van der Waals surface area (Å²) in [5.74, 6) is -1.57. The van der Waals surface area contributed by atoms with E-state index in [1.165, 1.54) is 11.0 Å². The van der Waals surface area contributed by atoms with E-state index in [0.29, 0.717) is 0 Å². The van der Waals surface area contributed by atoms with E-state index < -0.39 is 24.2 Å². The second-order valence-electron chi connectivity index (χ2n) is 6.05. The average Bonchev–Trinajstić information content (AvgIpc) is 2.83. The van der Waals surface area contributed by atoms with Crippen LogP contribution in [0.25, 0.3) is 0 Å². The zero-order valence-corrected chi connectivity index (χ0v) is 13.5. The van der Waals surface area contributed by atoms with Gasteiger partial charge in [0.15, 0.2) is 0 Å². The zero-order valence-electron chi connectivity index (χ0n) is 13.5. The first-order chi connectivity index (χ1) is 10.9. The van der Waals surface area contributed by atoms with Gasteiger partial charge < -0.3 is 15.6 Å². The molecule has 0 aromatic heterocycles. The number of imide groups is 1. The van der Waals surface area contributed by atoms with Crippen LogP contribution in [0, 0.1) is 0 Å². The molecule has 1 heterocycles. The summed E-state index contributed by atoms with van der Waals surface area (Å²) in [6.07, 6.45) is 2.73. The Morgan fingerprint density at radius 3 is 2.39 bits per heavy atom. The van der Waals surface area contributed by atoms with Crippen LogP contribution >= 0.6 is 0 Å². The van der Waals surface area contributed by atoms with Gasteiger partial charge in [-0.15, -0.1) is 0 Å². The standard InChI is InChI=1S/C16H24N2O5/c1-3-10(4-2)23-12-8-9(16(21)22)7-11(17)15(12)18-13(19)5-6-14(18)20/h8,10-12,15H,3-7,17H2,1-2H3,(H,21,22)/t11-,12+,15+/m0/s1. The molecule has 0 bridgehead atoms. The summed E-state index contributed by atoms with van der Waals surface area (Å²) in [7, 11) is 0. The van der Waals surface area contributed by atoms with Gasteiger partial charge in [-0.25, -0.2) is 4.79 Å². The molecule has 23 heavy (non-hydrogen) atoms. The third-order valence-corrected chi connectivity index (χ3v) is 4.52. The van der Waals surface area contributed by atoms with Gasteiger partial charge in [0.1, 0.15) is 0 Å². The van der Waals surface area contributed by atoms with Gasteiger partial charge in [-0.1, -0.05) is 13.8 Å². The summed E-state index contributed by atoms with van der Waals surface area (Å²) in [5.41, 5.74) is 6.30. The molecule has 7 heteroatoms. The van der Waals surface area contributed by atoms with E-state index >= 15 is 0 Å². The van der Waals surface area contributed by atoms with E-state index in [-0.39, 0.29) is 42.8 Å². The van der Waals surface area contributed by atoms with Crippen molar-refractivity contribution >= 4 is 17.8 Å². The topological polar surface area (TPSA) is 110 Å². The number of nitrogens with two attached hydrogens (primary N) is 1. The van der Waals surface area contributed by atoms with Gasteiger partial charge in [0.05, 0.1) is 18.2 Å². The second kappa shape index (κ2) is 7.23. The van der Waals surface area contributed by atoms with Crippen LogP contribution in [0.2, 0.25) is 0 Å². The molecule has 128 valence electrons. The van der Waals surface area contributed by atoms with Crippen molar-refractivity contribution in [1.29, 1.82) is 0 Å². The van der Waals surface area contributed by atoms with Crippen molar-refractivity contribution in [2.75, 3.05) is 0 Å². The molecule has 1 aliphatic heterocycles. The number of carboxylic acid groups (broad SMARTS) is 1. The van der Waals surface area contributed by atoms with Crippen molar-refractivity contribution < 1.29 is 24.2 Å². The quantitative estimate of drug-likeness (QED) is 0.700. The van der Waals surface area contributed by atoms with Gasteiger partial charge in [0.25, 0.3) is 0 Å². The molecule has 2 aliphatic rings. The Balaban J connectivity index is 2.34. The average molecular weight is 324 g/mol. The number of ether oxygens (including phenoxy) is 1. The first-order valence-corrected chi connectivity index (χ1v) is 8.08. The molecular formula is C16H24N2O5. The summed E-state index contributed by atoms with van der Waals surface area (Å²) in [4.78, 5) is 36.6. The Labute approximate surface area is 135 Å². The minimum atomic E-state index is -1.05. The van der Waals surface area contributed by atoms with Crippen LogP contribution in [0.5, 0.6) is 0 Å². The lowest BCUT2D eigenvalue weighted by Gasteiger charge is -2.40. The minimum absolute atomic E-state index is 0.0769. The zero-order chi connectivity index (χ0) is 17.1. The Bertz CT molecular complexity index is 511. The molecule has 2 amide bonds. The molecule has 1 saturated heterocycles. The number of carboxylic acids is 1. The van der Waals surface area contributed by atoms with E-state index in [0.717, 1.165) is 12.8 Å². The molecule has 1 fully saturated rings. The number of rotatable bonds is 6. The number of hydrogen-bond donors (Lipinski definition) is 2. The van der Waals surface area contributed by atoms with Crippen molar-refractivity contribution in [2.24, 2.45) is 5.73 Å². The summed E-state index contributed by atoms with van der Waals surface area (Å²) in [6.45, 7) is 3.94. The minimum Gasteiger partial charge on any atom is -0.478 e. The van der Waals surface area contributed by atoms with Crippen LogP contribution < -0.4 is 5.73 Å². The molecular weight excluding hydrogens is 300 g/mol. The molecule has 0 radical (unpaired) electrons. The lowest BCUT2D eigenvalue weighted by Crippen LogP contribution is -2.59. The monoisotopic (exact) mass is 324 g/mol. The predicted octanol–water partition coefficient (Wildman–Crippen LogP) is 0.820. The fraction of sp³-hybridized carbons (Fsp3) is 0.688. The van der Waals surface area contributed by atoms with Crippen molar-refractivity contribution in [1.82, 2.24) is 4.90 Å². The van der Waals surface area contributed by atoms with Crippen LogP contribution in [0.1, 0.15) is 46.0 Å². The highest BCUT2D eigenvalue weighted by molar-refractivity contribution is 6.02. The van der Waals surface area contributed by atoms with Gasteiger partial charge in [-0.3, -0.25) is 14.5 Å². The predicted molar refractivity (Wildman–Crippen MR) is 82.4 cm³/mol. The van der Waals surface area contributed by atoms with E-state index in [4.69, 9.17) is 10.5 Å². The highest BCUT2D eigenvalue weighted by atomic mass is 16.5. The van der Waals surface area contributed by atoms with E-state index in [9.17, 15) is 19.5 Å². The number of carbonyl (C=O) groups is 3. The first kappa shape index (κ1) is 17.6. The van der Waals surface area contributed by atoms with Gasteiger partial charge in [0, 0.05) is 24.5 Å². The van der Waals surface area contributed by atoms with E-state index in [1.807, 2.05) is 13.8 Å². The molecule has 0 saturated carbocycles. The molecule has 7 nitrogen and oxygen atoms in total. The fourth-order valence-electron chi connectivity index (χ4n) is 3.23. The number of hydrogen-bond acceptors (Lipinski definition) is 5. The molecule has 0 aromatic rings. The lowest BCUT2D eigenvalue weighted by atomic mass is 9.87. The van der Waals surface area contributed by atoms with Crippen molar-refractivity contribution in [3.05, 3.63) is 11.6 Å². The molecule has 3 N–H and O–H groups in total. The maximum atomic E-state index is 12.1. The number of amides is 2. The van der Waals surface area contributed by atoms with Crippen LogP contribution in [0.3, 0.4) is 0 Å². The lowest BCUT2D eigenvalue weighted by molar-refractivity contribution is -0.147. The van der Waals surface area contributed by atoms with Gasteiger partial charge in [-0.05, 0) is 25.3 Å². The number of aliphatic carboxylic acids is 1. The molecule has 3 atom stereocenters. The van der Waals surface area contributed by atoms with Gasteiger partial charge in [0.2, 0.25) is 11.8 Å². The Kier molecular flexibility index (Phi) is 5.54. The van der Waals surface area contributed by atoms with Crippen molar-refractivity contribution in [2.45, 2.75) is 70.2 Å². The van der Waals surface area contributed by atoms with Gasteiger partial charge >= 0.3 is 5.97 Å². The third kappa shape index (κ3) is 3.61. The van der Waals surface area contributed by atoms with Crippen LogP contribution in [-0.4, -0.2) is 52.1 Å². The summed E-state index contributed by atoms with van der Waals surface area (Å²) in [6, 6.07) is -1.28. The number of likely N-dealkylation sites (tertiary alicyclic amines) is 1. The highest BCUT2D eigenvalue weighted by Crippen LogP contribution is 2.29. The number of carbonyl (C=O) groups excluding carboxylic acids is 2. The second-order valence-corrected chi connectivity index (χ2v) is 6.05. The highest BCUT2D eigenvalue weighted by Gasteiger charge is 2.45. The normalized spacial score (nSPS) is 28.4. The molecule has 2 rings (SSSR count).